The highest BCUT2D eigenvalue weighted by atomic mass is 32.2. The summed E-state index contributed by atoms with van der Waals surface area (Å²) in [4.78, 5) is 12.7. The highest BCUT2D eigenvalue weighted by Gasteiger charge is 2.25. The maximum Gasteiger partial charge on any atom is 0.269 e. The SMILES string of the molecule is O=[N+]([O-])c1ccc(N2CCC(NS(=O)(=O)c3ccc(-c4ccccc4)cc3)CC2)cc1. The normalized spacial score (nSPS) is 15.0. The molecular weight excluding hydrogens is 414 g/mol. The van der Waals surface area contributed by atoms with Crippen LogP contribution >= 0.6 is 0 Å². The first kappa shape index (κ1) is 21.0. The van der Waals surface area contributed by atoms with Gasteiger partial charge in [0.2, 0.25) is 10.0 Å². The number of hydrogen-bond donors (Lipinski definition) is 1. The van der Waals surface area contributed by atoms with Crippen LogP contribution in [-0.2, 0) is 10.0 Å². The first-order chi connectivity index (χ1) is 14.9. The predicted octanol–water partition coefficient (Wildman–Crippen LogP) is 4.21. The van der Waals surface area contributed by atoms with Crippen molar-refractivity contribution in [2.24, 2.45) is 0 Å². The number of nitro benzene ring substituents is 1. The zero-order valence-corrected chi connectivity index (χ0v) is 17.7. The van der Waals surface area contributed by atoms with Crippen molar-refractivity contribution >= 4 is 21.4 Å². The summed E-state index contributed by atoms with van der Waals surface area (Å²) >= 11 is 0. The van der Waals surface area contributed by atoms with Gasteiger partial charge in [0.1, 0.15) is 0 Å². The van der Waals surface area contributed by atoms with E-state index in [4.69, 9.17) is 0 Å². The summed E-state index contributed by atoms with van der Waals surface area (Å²) in [5.74, 6) is 0. The third-order valence-electron chi connectivity index (χ3n) is 5.51. The van der Waals surface area contributed by atoms with Crippen molar-refractivity contribution in [3.8, 4) is 11.1 Å². The molecule has 0 saturated carbocycles. The van der Waals surface area contributed by atoms with Crippen molar-refractivity contribution in [2.45, 2.75) is 23.8 Å². The molecule has 0 radical (unpaired) electrons. The predicted molar refractivity (Wildman–Crippen MR) is 121 cm³/mol. The lowest BCUT2D eigenvalue weighted by Crippen LogP contribution is -2.44. The van der Waals surface area contributed by atoms with Crippen molar-refractivity contribution in [1.82, 2.24) is 4.72 Å². The zero-order chi connectivity index (χ0) is 21.8. The molecule has 8 heteroatoms. The maximum atomic E-state index is 12.8. The van der Waals surface area contributed by atoms with E-state index in [0.29, 0.717) is 25.9 Å². The fourth-order valence-electron chi connectivity index (χ4n) is 3.79. The molecule has 1 aliphatic heterocycles. The van der Waals surface area contributed by atoms with Crippen molar-refractivity contribution in [3.63, 3.8) is 0 Å². The molecule has 0 unspecified atom stereocenters. The Morgan fingerprint density at radius 2 is 1.42 bits per heavy atom. The van der Waals surface area contributed by atoms with Crippen LogP contribution in [0, 0.1) is 10.1 Å². The van der Waals surface area contributed by atoms with E-state index in [1.54, 1.807) is 24.3 Å². The van der Waals surface area contributed by atoms with E-state index in [-0.39, 0.29) is 16.6 Å². The van der Waals surface area contributed by atoms with Crippen LogP contribution < -0.4 is 9.62 Å². The fraction of sp³-hybridized carbons (Fsp3) is 0.217. The fourth-order valence-corrected chi connectivity index (χ4v) is 5.09. The quantitative estimate of drug-likeness (QED) is 0.461. The molecule has 1 saturated heterocycles. The van der Waals surface area contributed by atoms with E-state index in [0.717, 1.165) is 16.8 Å². The molecule has 0 bridgehead atoms. The second-order valence-corrected chi connectivity index (χ2v) is 9.26. The molecule has 1 N–H and O–H groups in total. The maximum absolute atomic E-state index is 12.8. The average molecular weight is 438 g/mol. The minimum atomic E-state index is -3.60. The number of piperidine rings is 1. The minimum absolute atomic E-state index is 0.0599. The van der Waals surface area contributed by atoms with Crippen molar-refractivity contribution < 1.29 is 13.3 Å². The second-order valence-electron chi connectivity index (χ2n) is 7.55. The van der Waals surface area contributed by atoms with Crippen molar-refractivity contribution in [2.75, 3.05) is 18.0 Å². The number of anilines is 1. The summed E-state index contributed by atoms with van der Waals surface area (Å²) < 4.78 is 28.4. The Hall–Kier alpha value is -3.23. The molecule has 1 aliphatic rings. The molecule has 3 aromatic rings. The van der Waals surface area contributed by atoms with Crippen LogP contribution in [0.1, 0.15) is 12.8 Å². The van der Waals surface area contributed by atoms with Crippen LogP contribution in [0.15, 0.2) is 83.8 Å². The average Bonchev–Trinajstić information content (AvgIpc) is 2.80. The van der Waals surface area contributed by atoms with E-state index in [1.807, 2.05) is 42.5 Å². The van der Waals surface area contributed by atoms with Gasteiger partial charge in [-0.2, -0.15) is 0 Å². The Balaban J connectivity index is 1.37. The van der Waals surface area contributed by atoms with Gasteiger partial charge in [0, 0.05) is 37.0 Å². The summed E-state index contributed by atoms with van der Waals surface area (Å²) in [6.45, 7) is 1.36. The first-order valence-electron chi connectivity index (χ1n) is 10.1. The number of nitrogens with one attached hydrogen (secondary N) is 1. The van der Waals surface area contributed by atoms with E-state index in [9.17, 15) is 18.5 Å². The molecule has 0 atom stereocenters. The lowest BCUT2D eigenvalue weighted by Gasteiger charge is -2.33. The van der Waals surface area contributed by atoms with Gasteiger partial charge in [0.15, 0.2) is 0 Å². The molecule has 7 nitrogen and oxygen atoms in total. The lowest BCUT2D eigenvalue weighted by molar-refractivity contribution is -0.384. The van der Waals surface area contributed by atoms with Gasteiger partial charge in [-0.15, -0.1) is 0 Å². The molecule has 0 aliphatic carbocycles. The Morgan fingerprint density at radius 3 is 2.00 bits per heavy atom. The van der Waals surface area contributed by atoms with Crippen LogP contribution in [-0.4, -0.2) is 32.5 Å². The third-order valence-corrected chi connectivity index (χ3v) is 7.05. The summed E-state index contributed by atoms with van der Waals surface area (Å²) in [5, 5.41) is 10.8. The van der Waals surface area contributed by atoms with Gasteiger partial charge < -0.3 is 4.90 Å². The molecular formula is C23H23N3O4S. The Labute approximate surface area is 181 Å². The number of benzene rings is 3. The van der Waals surface area contributed by atoms with Gasteiger partial charge in [0.25, 0.3) is 5.69 Å². The van der Waals surface area contributed by atoms with E-state index in [2.05, 4.69) is 9.62 Å². The van der Waals surface area contributed by atoms with Gasteiger partial charge in [-0.1, -0.05) is 42.5 Å². The van der Waals surface area contributed by atoms with Gasteiger partial charge in [-0.25, -0.2) is 13.1 Å². The minimum Gasteiger partial charge on any atom is -0.371 e. The molecule has 1 heterocycles. The summed E-state index contributed by atoms with van der Waals surface area (Å²) in [6, 6.07) is 23.0. The lowest BCUT2D eigenvalue weighted by atomic mass is 10.1. The van der Waals surface area contributed by atoms with E-state index >= 15 is 0 Å². The molecule has 3 aromatic carbocycles. The number of sulfonamides is 1. The van der Waals surface area contributed by atoms with E-state index in [1.165, 1.54) is 12.1 Å². The Bertz CT molecular complexity index is 1140. The summed E-state index contributed by atoms with van der Waals surface area (Å²) in [7, 11) is -3.60. The highest BCUT2D eigenvalue weighted by Crippen LogP contribution is 2.25. The molecule has 0 amide bonds. The number of hydrogen-bond acceptors (Lipinski definition) is 5. The molecule has 31 heavy (non-hydrogen) atoms. The second kappa shape index (κ2) is 8.87. The number of non-ortho nitro benzene ring substituents is 1. The zero-order valence-electron chi connectivity index (χ0n) is 16.8. The molecule has 1 fully saturated rings. The molecule has 0 aromatic heterocycles. The first-order valence-corrected chi connectivity index (χ1v) is 11.6. The van der Waals surface area contributed by atoms with E-state index < -0.39 is 14.9 Å². The number of nitrogens with zero attached hydrogens (tertiary/aromatic N) is 2. The van der Waals surface area contributed by atoms with Gasteiger partial charge in [-0.3, -0.25) is 10.1 Å². The molecule has 160 valence electrons. The molecule has 0 spiro atoms. The Morgan fingerprint density at radius 1 is 0.839 bits per heavy atom. The third kappa shape index (κ3) is 4.92. The number of nitro groups is 1. The van der Waals surface area contributed by atoms with Crippen molar-refractivity contribution in [3.05, 3.63) is 89.0 Å². The Kier molecular flexibility index (Phi) is 6.01. The van der Waals surface area contributed by atoms with Crippen LogP contribution in [0.3, 0.4) is 0 Å². The summed E-state index contributed by atoms with van der Waals surface area (Å²) in [6.07, 6.45) is 1.33. The van der Waals surface area contributed by atoms with Crippen LogP contribution in [0.25, 0.3) is 11.1 Å². The van der Waals surface area contributed by atoms with Crippen LogP contribution in [0.5, 0.6) is 0 Å². The summed E-state index contributed by atoms with van der Waals surface area (Å²) in [5.41, 5.74) is 2.97. The molecule has 4 rings (SSSR count). The van der Waals surface area contributed by atoms with Crippen molar-refractivity contribution in [1.29, 1.82) is 0 Å². The monoisotopic (exact) mass is 437 g/mol. The van der Waals surface area contributed by atoms with Gasteiger partial charge in [-0.05, 0) is 48.2 Å². The highest BCUT2D eigenvalue weighted by molar-refractivity contribution is 7.89. The largest absolute Gasteiger partial charge is 0.371 e. The van der Waals surface area contributed by atoms with Gasteiger partial charge in [0.05, 0.1) is 9.82 Å². The van der Waals surface area contributed by atoms with Crippen LogP contribution in [0.2, 0.25) is 0 Å². The van der Waals surface area contributed by atoms with Crippen LogP contribution in [0.4, 0.5) is 11.4 Å². The standard InChI is InChI=1S/C23H23N3O4S/c27-26(28)22-10-8-21(9-11-22)25-16-14-20(15-17-25)24-31(29,30)23-12-6-19(7-13-23)18-4-2-1-3-5-18/h1-13,20,24H,14-17H2. The number of rotatable bonds is 6. The topological polar surface area (TPSA) is 92.6 Å². The van der Waals surface area contributed by atoms with Gasteiger partial charge >= 0.3 is 0 Å². The smallest absolute Gasteiger partial charge is 0.269 e.